The Bertz CT molecular complexity index is 802. The number of hydrogen-bond acceptors (Lipinski definition) is 4. The van der Waals surface area contributed by atoms with E-state index in [4.69, 9.17) is 4.42 Å². The van der Waals surface area contributed by atoms with Crippen molar-refractivity contribution in [3.05, 3.63) is 65.9 Å². The zero-order chi connectivity index (χ0) is 14.2. The fourth-order valence-corrected chi connectivity index (χ4v) is 2.67. The predicted molar refractivity (Wildman–Crippen MR) is 81.4 cm³/mol. The molecule has 2 heterocycles. The number of hydrogen-bond donors (Lipinski definition) is 2. The zero-order valence-corrected chi connectivity index (χ0v) is 11.3. The van der Waals surface area contributed by atoms with Crippen molar-refractivity contribution < 1.29 is 9.52 Å². The van der Waals surface area contributed by atoms with Crippen LogP contribution in [0.1, 0.15) is 23.8 Å². The lowest BCUT2D eigenvalue weighted by atomic mass is 10.0. The van der Waals surface area contributed by atoms with Crippen molar-refractivity contribution in [1.82, 2.24) is 5.43 Å². The standard InChI is InChI=1S/C17H14N2O2/c20-15-7-3-2-6-12(15)13-10-14(19-18-13)17-9-11-5-1-4-8-16(11)21-17/h1-9,14,19-20H,10H2/t14-/m1/s1. The number of para-hydroxylation sites is 2. The van der Waals surface area contributed by atoms with E-state index in [1.807, 2.05) is 42.5 Å². The number of phenolic OH excluding ortho intramolecular Hbond substituents is 1. The number of aromatic hydroxyl groups is 1. The molecule has 1 aliphatic rings. The van der Waals surface area contributed by atoms with Crippen molar-refractivity contribution in [2.45, 2.75) is 12.5 Å². The fraction of sp³-hybridized carbons (Fsp3) is 0.118. The monoisotopic (exact) mass is 278 g/mol. The molecule has 4 nitrogen and oxygen atoms in total. The van der Waals surface area contributed by atoms with E-state index in [2.05, 4.69) is 10.5 Å². The van der Waals surface area contributed by atoms with Gasteiger partial charge < -0.3 is 9.52 Å². The number of fused-ring (bicyclic) bond motifs is 1. The molecule has 0 saturated heterocycles. The van der Waals surface area contributed by atoms with Crippen molar-refractivity contribution in [2.75, 3.05) is 0 Å². The molecule has 1 aromatic heterocycles. The van der Waals surface area contributed by atoms with Crippen LogP contribution in [0.25, 0.3) is 11.0 Å². The molecule has 0 spiro atoms. The normalized spacial score (nSPS) is 17.7. The van der Waals surface area contributed by atoms with Crippen molar-refractivity contribution in [3.8, 4) is 5.75 Å². The first kappa shape index (κ1) is 12.0. The molecule has 1 atom stereocenters. The topological polar surface area (TPSA) is 57.8 Å². The van der Waals surface area contributed by atoms with Crippen molar-refractivity contribution >= 4 is 16.7 Å². The highest BCUT2D eigenvalue weighted by Gasteiger charge is 2.25. The second-order valence-corrected chi connectivity index (χ2v) is 5.15. The zero-order valence-electron chi connectivity index (χ0n) is 11.3. The third kappa shape index (κ3) is 2.05. The number of benzene rings is 2. The van der Waals surface area contributed by atoms with Crippen LogP contribution in [0.15, 0.2) is 64.1 Å². The maximum Gasteiger partial charge on any atom is 0.134 e. The minimum Gasteiger partial charge on any atom is -0.507 e. The van der Waals surface area contributed by atoms with Crippen LogP contribution in [0.3, 0.4) is 0 Å². The number of nitrogens with one attached hydrogen (secondary N) is 1. The smallest absolute Gasteiger partial charge is 0.134 e. The summed E-state index contributed by atoms with van der Waals surface area (Å²) in [6, 6.07) is 17.2. The highest BCUT2D eigenvalue weighted by Crippen LogP contribution is 2.31. The highest BCUT2D eigenvalue weighted by atomic mass is 16.3. The van der Waals surface area contributed by atoms with Crippen LogP contribution in [-0.4, -0.2) is 10.8 Å². The molecule has 0 bridgehead atoms. The van der Waals surface area contributed by atoms with Gasteiger partial charge in [-0.1, -0.05) is 30.3 Å². The van der Waals surface area contributed by atoms with E-state index in [1.54, 1.807) is 12.1 Å². The van der Waals surface area contributed by atoms with Crippen LogP contribution in [0.2, 0.25) is 0 Å². The molecule has 0 unspecified atom stereocenters. The largest absolute Gasteiger partial charge is 0.507 e. The maximum absolute atomic E-state index is 9.91. The average Bonchev–Trinajstić information content (AvgIpc) is 3.14. The summed E-state index contributed by atoms with van der Waals surface area (Å²) in [6.07, 6.45) is 0.692. The van der Waals surface area contributed by atoms with Gasteiger partial charge in [0.1, 0.15) is 23.1 Å². The number of furan rings is 1. The minimum absolute atomic E-state index is 0.00649. The lowest BCUT2D eigenvalue weighted by Gasteiger charge is -2.06. The Kier molecular flexibility index (Phi) is 2.67. The van der Waals surface area contributed by atoms with Gasteiger partial charge >= 0.3 is 0 Å². The van der Waals surface area contributed by atoms with E-state index in [9.17, 15) is 5.11 Å². The molecule has 0 amide bonds. The highest BCUT2D eigenvalue weighted by molar-refractivity contribution is 6.03. The number of nitrogens with zero attached hydrogens (tertiary/aromatic N) is 1. The van der Waals surface area contributed by atoms with Crippen molar-refractivity contribution in [1.29, 1.82) is 0 Å². The lowest BCUT2D eigenvalue weighted by molar-refractivity contribution is 0.463. The van der Waals surface area contributed by atoms with Gasteiger partial charge in [0.15, 0.2) is 0 Å². The third-order valence-corrected chi connectivity index (χ3v) is 3.76. The summed E-state index contributed by atoms with van der Waals surface area (Å²) in [5, 5.41) is 15.3. The lowest BCUT2D eigenvalue weighted by Crippen LogP contribution is -2.08. The molecule has 0 saturated carbocycles. The van der Waals surface area contributed by atoms with Crippen LogP contribution in [0.5, 0.6) is 5.75 Å². The number of rotatable bonds is 2. The van der Waals surface area contributed by atoms with Gasteiger partial charge in [-0.3, -0.25) is 5.43 Å². The molecule has 2 aromatic carbocycles. The third-order valence-electron chi connectivity index (χ3n) is 3.76. The molecule has 3 aromatic rings. The summed E-state index contributed by atoms with van der Waals surface area (Å²) in [6.45, 7) is 0. The summed E-state index contributed by atoms with van der Waals surface area (Å²) in [7, 11) is 0. The predicted octanol–water partition coefficient (Wildman–Crippen LogP) is 3.58. The molecule has 4 rings (SSSR count). The summed E-state index contributed by atoms with van der Waals surface area (Å²) in [5.74, 6) is 1.12. The second-order valence-electron chi connectivity index (χ2n) is 5.15. The first-order chi connectivity index (χ1) is 10.3. The Balaban J connectivity index is 1.62. The quantitative estimate of drug-likeness (QED) is 0.753. The summed E-state index contributed by atoms with van der Waals surface area (Å²) >= 11 is 0. The van der Waals surface area contributed by atoms with Gasteiger partial charge in [-0.2, -0.15) is 5.10 Å². The Hall–Kier alpha value is -2.75. The molecule has 21 heavy (non-hydrogen) atoms. The molecule has 4 heteroatoms. The Morgan fingerprint density at radius 1 is 1.10 bits per heavy atom. The Morgan fingerprint density at radius 2 is 1.90 bits per heavy atom. The van der Waals surface area contributed by atoms with Crippen LogP contribution in [0, 0.1) is 0 Å². The second kappa shape index (κ2) is 4.66. The van der Waals surface area contributed by atoms with Gasteiger partial charge in [-0.15, -0.1) is 0 Å². The fourth-order valence-electron chi connectivity index (χ4n) is 2.67. The number of phenols is 1. The summed E-state index contributed by atoms with van der Waals surface area (Å²) in [5.41, 5.74) is 5.59. The molecule has 0 aliphatic carbocycles. The van der Waals surface area contributed by atoms with E-state index in [0.717, 1.165) is 28.0 Å². The molecular weight excluding hydrogens is 264 g/mol. The average molecular weight is 278 g/mol. The maximum atomic E-state index is 9.91. The van der Waals surface area contributed by atoms with E-state index in [0.29, 0.717) is 6.42 Å². The van der Waals surface area contributed by atoms with Gasteiger partial charge in [-0.05, 0) is 24.3 Å². The molecule has 0 fully saturated rings. The first-order valence-electron chi connectivity index (χ1n) is 6.90. The Labute approximate surface area is 121 Å². The van der Waals surface area contributed by atoms with Gasteiger partial charge in [0.05, 0.1) is 5.71 Å². The van der Waals surface area contributed by atoms with Crippen molar-refractivity contribution in [3.63, 3.8) is 0 Å². The molecule has 2 N–H and O–H groups in total. The minimum atomic E-state index is 0.00649. The van der Waals surface area contributed by atoms with Gasteiger partial charge in [-0.25, -0.2) is 0 Å². The van der Waals surface area contributed by atoms with Crippen LogP contribution < -0.4 is 5.43 Å². The van der Waals surface area contributed by atoms with Crippen LogP contribution in [0.4, 0.5) is 0 Å². The summed E-state index contributed by atoms with van der Waals surface area (Å²) < 4.78 is 5.87. The van der Waals surface area contributed by atoms with Gasteiger partial charge in [0.2, 0.25) is 0 Å². The van der Waals surface area contributed by atoms with E-state index in [1.165, 1.54) is 0 Å². The van der Waals surface area contributed by atoms with Crippen molar-refractivity contribution in [2.24, 2.45) is 5.10 Å². The van der Waals surface area contributed by atoms with Crippen LogP contribution >= 0.6 is 0 Å². The molecule has 104 valence electrons. The van der Waals surface area contributed by atoms with E-state index in [-0.39, 0.29) is 11.8 Å². The molecule has 0 radical (unpaired) electrons. The number of hydrazone groups is 1. The van der Waals surface area contributed by atoms with Gasteiger partial charge in [0, 0.05) is 17.4 Å². The van der Waals surface area contributed by atoms with E-state index < -0.39 is 0 Å². The van der Waals surface area contributed by atoms with Gasteiger partial charge in [0.25, 0.3) is 0 Å². The molecular formula is C17H14N2O2. The van der Waals surface area contributed by atoms with Crippen LogP contribution in [-0.2, 0) is 0 Å². The van der Waals surface area contributed by atoms with E-state index >= 15 is 0 Å². The SMILES string of the molecule is Oc1ccccc1C1=NN[C@@H](c2cc3ccccc3o2)C1. The summed E-state index contributed by atoms with van der Waals surface area (Å²) in [4.78, 5) is 0. The first-order valence-corrected chi connectivity index (χ1v) is 6.90. The molecule has 1 aliphatic heterocycles. The Morgan fingerprint density at radius 3 is 2.76 bits per heavy atom.